The minimum atomic E-state index is -1.52. The van der Waals surface area contributed by atoms with Gasteiger partial charge in [0.15, 0.2) is 10.8 Å². The largest absolute Gasteiger partial charge is 0.398 e. The molecular weight excluding hydrogens is 406 g/mol. The van der Waals surface area contributed by atoms with Crippen LogP contribution in [0.15, 0.2) is 10.5 Å². The Balaban J connectivity index is 2.22. The van der Waals surface area contributed by atoms with Gasteiger partial charge in [-0.2, -0.15) is 0 Å². The molecule has 0 aliphatic carbocycles. The van der Waals surface area contributed by atoms with Gasteiger partial charge in [0.05, 0.1) is 0 Å². The lowest BCUT2D eigenvalue weighted by atomic mass is 10.1. The Morgan fingerprint density at radius 2 is 2.27 bits per heavy atom. The molecule has 142 valence electrons. The van der Waals surface area contributed by atoms with Gasteiger partial charge in [-0.15, -0.1) is 34.7 Å². The fourth-order valence-corrected chi connectivity index (χ4v) is 3.68. The zero-order valence-corrected chi connectivity index (χ0v) is 16.4. The second-order valence-corrected chi connectivity index (χ2v) is 6.89. The third kappa shape index (κ3) is 3.92. The summed E-state index contributed by atoms with van der Waals surface area (Å²) < 4.78 is 5.25. The van der Waals surface area contributed by atoms with Crippen LogP contribution in [0.25, 0.3) is 0 Å². The molecule has 0 spiro atoms. The Morgan fingerprint density at radius 1 is 1.54 bits per heavy atom. The molecule has 0 radical (unpaired) electrons. The maximum atomic E-state index is 12.7. The van der Waals surface area contributed by atoms with Gasteiger partial charge in [-0.25, -0.2) is 4.98 Å². The van der Waals surface area contributed by atoms with E-state index in [1.165, 1.54) is 31.4 Å². The van der Waals surface area contributed by atoms with E-state index >= 15 is 0 Å². The van der Waals surface area contributed by atoms with E-state index in [9.17, 15) is 14.4 Å². The van der Waals surface area contributed by atoms with Gasteiger partial charge in [-0.05, 0) is 6.26 Å². The summed E-state index contributed by atoms with van der Waals surface area (Å²) in [4.78, 5) is 44.8. The second kappa shape index (κ2) is 8.66. The molecule has 2 rings (SSSR count). The summed E-state index contributed by atoms with van der Waals surface area (Å²) in [5.74, 6) is -1.86. The van der Waals surface area contributed by atoms with E-state index in [2.05, 4.69) is 26.1 Å². The molecule has 13 heteroatoms. The Bertz CT molecular complexity index is 742. The summed E-state index contributed by atoms with van der Waals surface area (Å²) in [6.07, 6.45) is 1.76. The van der Waals surface area contributed by atoms with Crippen LogP contribution in [0.3, 0.4) is 0 Å². The predicted molar refractivity (Wildman–Crippen MR) is 98.3 cm³/mol. The van der Waals surface area contributed by atoms with E-state index in [1.807, 2.05) is 0 Å². The number of nitrogens with zero attached hydrogens (tertiary/aromatic N) is 2. The molecule has 2 heterocycles. The van der Waals surface area contributed by atoms with Crippen molar-refractivity contribution in [1.82, 2.24) is 15.6 Å². The lowest BCUT2D eigenvalue weighted by Gasteiger charge is -2.46. The topological polar surface area (TPSA) is 131 Å². The first-order valence-electron chi connectivity index (χ1n) is 7.06. The fourth-order valence-electron chi connectivity index (χ4n) is 2.08. The Kier molecular flexibility index (Phi) is 6.81. The first kappa shape index (κ1) is 20.4. The fraction of sp³-hybridized carbons (Fsp3) is 0.462. The van der Waals surface area contributed by atoms with Crippen LogP contribution in [-0.2, 0) is 24.0 Å². The maximum Gasteiger partial charge on any atom is 0.278 e. The average molecular weight is 422 g/mol. The molecule has 1 saturated heterocycles. The lowest BCUT2D eigenvalue weighted by Crippen LogP contribution is -2.79. The average Bonchev–Trinajstić information content (AvgIpc) is 3.09. The normalized spacial score (nSPS) is 22.2. The van der Waals surface area contributed by atoms with Crippen molar-refractivity contribution >= 4 is 63.3 Å². The highest BCUT2D eigenvalue weighted by atomic mass is 35.5. The van der Waals surface area contributed by atoms with Crippen molar-refractivity contribution in [3.63, 3.8) is 0 Å². The van der Waals surface area contributed by atoms with Gasteiger partial charge in [0, 0.05) is 12.5 Å². The molecule has 26 heavy (non-hydrogen) atoms. The number of β-lactam (4-membered cyclic amide) rings is 1. The molecule has 3 N–H and O–H groups in total. The number of alkyl halides is 1. The van der Waals surface area contributed by atoms with Gasteiger partial charge in [-0.3, -0.25) is 14.4 Å². The number of methoxy groups -OCH3 is 1. The van der Waals surface area contributed by atoms with Gasteiger partial charge in [0.25, 0.3) is 17.5 Å². The molecule has 0 bridgehead atoms. The van der Waals surface area contributed by atoms with E-state index in [1.54, 1.807) is 6.26 Å². The molecule has 1 aromatic rings. The van der Waals surface area contributed by atoms with Gasteiger partial charge in [0.1, 0.15) is 24.1 Å². The van der Waals surface area contributed by atoms with Crippen molar-refractivity contribution in [3.05, 3.63) is 11.1 Å². The van der Waals surface area contributed by atoms with Gasteiger partial charge < -0.3 is 25.5 Å². The zero-order chi connectivity index (χ0) is 19.3. The monoisotopic (exact) mass is 421 g/mol. The van der Waals surface area contributed by atoms with Crippen molar-refractivity contribution in [1.29, 1.82) is 0 Å². The van der Waals surface area contributed by atoms with Crippen LogP contribution >= 0.6 is 34.7 Å². The van der Waals surface area contributed by atoms with E-state index < -0.39 is 28.8 Å². The zero-order valence-electron chi connectivity index (χ0n) is 14.0. The number of amides is 3. The molecule has 0 aromatic carbocycles. The summed E-state index contributed by atoms with van der Waals surface area (Å²) in [7, 11) is 2.58. The summed E-state index contributed by atoms with van der Waals surface area (Å²) in [6, 6.07) is 0. The highest BCUT2D eigenvalue weighted by molar-refractivity contribution is 7.99. The maximum absolute atomic E-state index is 12.7. The number of aromatic nitrogens is 1. The van der Waals surface area contributed by atoms with Crippen molar-refractivity contribution in [2.24, 2.45) is 5.16 Å². The predicted octanol–water partition coefficient (Wildman–Crippen LogP) is -0.0513. The Hall–Kier alpha value is -1.89. The molecule has 1 aliphatic heterocycles. The van der Waals surface area contributed by atoms with E-state index in [4.69, 9.17) is 21.2 Å². The van der Waals surface area contributed by atoms with E-state index in [0.29, 0.717) is 0 Å². The molecule has 1 aromatic heterocycles. The van der Waals surface area contributed by atoms with Gasteiger partial charge in [-0.1, -0.05) is 5.16 Å². The molecule has 2 atom stereocenters. The molecule has 1 fully saturated rings. The summed E-state index contributed by atoms with van der Waals surface area (Å²) in [6.45, 7) is 0. The number of nitrogens with one attached hydrogen (secondary N) is 3. The number of thioether (sulfide) groups is 1. The van der Waals surface area contributed by atoms with Gasteiger partial charge in [0.2, 0.25) is 5.91 Å². The minimum absolute atomic E-state index is 0.158. The molecule has 0 saturated carbocycles. The van der Waals surface area contributed by atoms with Crippen molar-refractivity contribution in [2.75, 3.05) is 31.7 Å². The van der Waals surface area contributed by atoms with E-state index in [-0.39, 0.29) is 22.4 Å². The first-order valence-corrected chi connectivity index (χ1v) is 9.76. The number of ether oxygens (including phenoxy) is 1. The number of halogens is 1. The summed E-state index contributed by atoms with van der Waals surface area (Å²) in [5.41, 5.74) is -1.53. The highest BCUT2D eigenvalue weighted by Gasteiger charge is 2.57. The number of rotatable bonds is 8. The Labute approximate surface area is 162 Å². The molecule has 1 aliphatic rings. The molecule has 2 unspecified atom stereocenters. The Morgan fingerprint density at radius 3 is 2.81 bits per heavy atom. The van der Waals surface area contributed by atoms with Crippen LogP contribution in [-0.4, -0.2) is 65.9 Å². The van der Waals surface area contributed by atoms with Crippen molar-refractivity contribution in [2.45, 2.75) is 11.1 Å². The van der Waals surface area contributed by atoms with Crippen LogP contribution in [0, 0.1) is 0 Å². The number of hydrogen-bond donors (Lipinski definition) is 3. The van der Waals surface area contributed by atoms with E-state index in [0.717, 1.165) is 11.3 Å². The first-order chi connectivity index (χ1) is 12.4. The van der Waals surface area contributed by atoms with Crippen LogP contribution in [0.1, 0.15) is 5.69 Å². The second-order valence-electron chi connectivity index (χ2n) is 4.83. The van der Waals surface area contributed by atoms with Crippen LogP contribution in [0.2, 0.25) is 0 Å². The summed E-state index contributed by atoms with van der Waals surface area (Å²) >= 11 is 7.81. The number of carbonyl (C=O) groups excluding carboxylic acids is 3. The minimum Gasteiger partial charge on any atom is -0.398 e. The highest BCUT2D eigenvalue weighted by Crippen LogP contribution is 2.29. The smallest absolute Gasteiger partial charge is 0.278 e. The van der Waals surface area contributed by atoms with Crippen LogP contribution in [0.5, 0.6) is 0 Å². The van der Waals surface area contributed by atoms with Crippen LogP contribution < -0.4 is 16.0 Å². The third-order valence-corrected chi connectivity index (χ3v) is 5.26. The standard InChI is InChI=1S/C13H16ClN5O5S2/c1-23-13(10(22)17-11(13)25-3)18-9(21)8(19-24-2)6-5-26-12(15-6)16-7(20)4-14/h5,11H,4H2,1-3H3,(H,17,22)(H,18,21)(H,15,16,20). The van der Waals surface area contributed by atoms with Crippen molar-refractivity contribution in [3.8, 4) is 0 Å². The molecule has 3 amide bonds. The van der Waals surface area contributed by atoms with Crippen molar-refractivity contribution < 1.29 is 24.0 Å². The SMILES string of the molecule is CON=C(C(=O)NC1(OC)C(=O)NC1SC)c1csc(NC(=O)CCl)n1. The summed E-state index contributed by atoms with van der Waals surface area (Å²) in [5, 5.41) is 12.6. The number of oxime groups is 1. The van der Waals surface area contributed by atoms with Gasteiger partial charge >= 0.3 is 0 Å². The molecular formula is C13H16ClN5O5S2. The number of carbonyl (C=O) groups is 3. The quantitative estimate of drug-likeness (QED) is 0.176. The number of hydrogen-bond acceptors (Lipinski definition) is 9. The number of anilines is 1. The van der Waals surface area contributed by atoms with Crippen LogP contribution in [0.4, 0.5) is 5.13 Å². The third-order valence-electron chi connectivity index (χ3n) is 3.34. The molecule has 10 nitrogen and oxygen atoms in total. The lowest BCUT2D eigenvalue weighted by molar-refractivity contribution is -0.168. The number of thiazole rings is 1.